The van der Waals surface area contributed by atoms with Crippen LogP contribution in [0.2, 0.25) is 0 Å². The van der Waals surface area contributed by atoms with Crippen molar-refractivity contribution in [3.8, 4) is 0 Å². The quantitative estimate of drug-likeness (QED) is 0.572. The molecule has 2 amide bonds. The number of halogens is 3. The first-order valence-electron chi connectivity index (χ1n) is 9.97. The van der Waals surface area contributed by atoms with Crippen molar-refractivity contribution >= 4 is 17.8 Å². The van der Waals surface area contributed by atoms with E-state index >= 15 is 0 Å². The summed E-state index contributed by atoms with van der Waals surface area (Å²) in [4.78, 5) is 36.4. The van der Waals surface area contributed by atoms with Crippen LogP contribution in [0.15, 0.2) is 54.6 Å². The van der Waals surface area contributed by atoms with E-state index in [0.29, 0.717) is 5.56 Å². The van der Waals surface area contributed by atoms with E-state index in [1.165, 1.54) is 12.1 Å². The van der Waals surface area contributed by atoms with Gasteiger partial charge < -0.3 is 15.4 Å². The molecule has 6 nitrogen and oxygen atoms in total. The first-order valence-corrected chi connectivity index (χ1v) is 9.97. The van der Waals surface area contributed by atoms with Gasteiger partial charge in [-0.05, 0) is 30.2 Å². The molecule has 0 unspecified atom stereocenters. The van der Waals surface area contributed by atoms with Gasteiger partial charge in [-0.25, -0.2) is 4.79 Å². The standard InChI is InChI=1S/C23H25F3N2O4/c1-15(17-6-4-3-5-7-17)27-20(29)12-13-21(30)28-19(22(31)32-2)14-16-8-10-18(11-9-16)23(24,25)26/h3-11,15,19H,12-14H2,1-2H3,(H,27,29)(H,28,30)/t15-,19-/m1/s1. The molecule has 172 valence electrons. The fourth-order valence-electron chi connectivity index (χ4n) is 3.03. The predicted octanol–water partition coefficient (Wildman–Crippen LogP) is 3.56. The van der Waals surface area contributed by atoms with Gasteiger partial charge in [-0.15, -0.1) is 0 Å². The topological polar surface area (TPSA) is 84.5 Å². The average molecular weight is 450 g/mol. The molecule has 0 saturated carbocycles. The molecule has 2 N–H and O–H groups in total. The summed E-state index contributed by atoms with van der Waals surface area (Å²) in [5, 5.41) is 5.28. The van der Waals surface area contributed by atoms with Crippen LogP contribution in [-0.4, -0.2) is 30.9 Å². The highest BCUT2D eigenvalue weighted by Crippen LogP contribution is 2.29. The zero-order valence-corrected chi connectivity index (χ0v) is 17.7. The van der Waals surface area contributed by atoms with E-state index in [-0.39, 0.29) is 31.2 Å². The lowest BCUT2D eigenvalue weighted by molar-refractivity contribution is -0.145. The van der Waals surface area contributed by atoms with Crippen LogP contribution in [0.1, 0.15) is 42.5 Å². The smallest absolute Gasteiger partial charge is 0.416 e. The van der Waals surface area contributed by atoms with Gasteiger partial charge >= 0.3 is 12.1 Å². The first-order chi connectivity index (χ1) is 15.1. The predicted molar refractivity (Wildman–Crippen MR) is 111 cm³/mol. The van der Waals surface area contributed by atoms with Gasteiger partial charge in [-0.3, -0.25) is 9.59 Å². The Morgan fingerprint density at radius 1 is 0.906 bits per heavy atom. The summed E-state index contributed by atoms with van der Waals surface area (Å²) < 4.78 is 42.8. The number of rotatable bonds is 9. The zero-order valence-electron chi connectivity index (χ0n) is 17.7. The second-order valence-corrected chi connectivity index (χ2v) is 7.24. The number of hydrogen-bond donors (Lipinski definition) is 2. The summed E-state index contributed by atoms with van der Waals surface area (Å²) in [6, 6.07) is 12.3. The Morgan fingerprint density at radius 2 is 1.47 bits per heavy atom. The molecule has 0 aliphatic carbocycles. The molecule has 0 aliphatic rings. The first kappa shape index (κ1) is 24.9. The summed E-state index contributed by atoms with van der Waals surface area (Å²) in [7, 11) is 1.15. The van der Waals surface area contributed by atoms with Crippen molar-refractivity contribution in [1.82, 2.24) is 10.6 Å². The van der Waals surface area contributed by atoms with Crippen LogP contribution in [0, 0.1) is 0 Å². The highest BCUT2D eigenvalue weighted by molar-refractivity contribution is 5.87. The summed E-state index contributed by atoms with van der Waals surface area (Å²) in [6.45, 7) is 1.82. The van der Waals surface area contributed by atoms with Crippen molar-refractivity contribution in [2.75, 3.05) is 7.11 Å². The van der Waals surface area contributed by atoms with Crippen LogP contribution in [0.3, 0.4) is 0 Å². The maximum Gasteiger partial charge on any atom is 0.416 e. The number of esters is 1. The molecule has 0 bridgehead atoms. The number of nitrogens with one attached hydrogen (secondary N) is 2. The van der Waals surface area contributed by atoms with Crippen LogP contribution < -0.4 is 10.6 Å². The van der Waals surface area contributed by atoms with E-state index in [4.69, 9.17) is 0 Å². The summed E-state index contributed by atoms with van der Waals surface area (Å²) in [5.41, 5.74) is 0.534. The normalized spacial score (nSPS) is 13.0. The van der Waals surface area contributed by atoms with Crippen molar-refractivity contribution in [2.45, 2.75) is 44.4 Å². The van der Waals surface area contributed by atoms with Gasteiger partial charge in [0.15, 0.2) is 0 Å². The third-order valence-electron chi connectivity index (χ3n) is 4.80. The van der Waals surface area contributed by atoms with Crippen LogP contribution in [0.25, 0.3) is 0 Å². The van der Waals surface area contributed by atoms with Crippen molar-refractivity contribution in [3.05, 3.63) is 71.3 Å². The number of ether oxygens (including phenoxy) is 1. The Kier molecular flexibility index (Phi) is 8.80. The van der Waals surface area contributed by atoms with Crippen LogP contribution in [0.4, 0.5) is 13.2 Å². The lowest BCUT2D eigenvalue weighted by atomic mass is 10.0. The minimum atomic E-state index is -4.47. The Bertz CT molecular complexity index is 915. The van der Waals surface area contributed by atoms with Gasteiger partial charge in [-0.1, -0.05) is 42.5 Å². The minimum Gasteiger partial charge on any atom is -0.467 e. The average Bonchev–Trinajstić information content (AvgIpc) is 2.77. The molecule has 0 fully saturated rings. The largest absolute Gasteiger partial charge is 0.467 e. The molecule has 0 radical (unpaired) electrons. The highest BCUT2D eigenvalue weighted by atomic mass is 19.4. The number of carbonyl (C=O) groups excluding carboxylic acids is 3. The molecule has 2 rings (SSSR count). The summed E-state index contributed by atoms with van der Waals surface area (Å²) >= 11 is 0. The number of amides is 2. The fraction of sp³-hybridized carbons (Fsp3) is 0.348. The van der Waals surface area contributed by atoms with E-state index in [9.17, 15) is 27.6 Å². The lowest BCUT2D eigenvalue weighted by Crippen LogP contribution is -2.43. The molecule has 32 heavy (non-hydrogen) atoms. The Labute approximate surface area is 184 Å². The molecule has 0 heterocycles. The van der Waals surface area contributed by atoms with Gasteiger partial charge in [0, 0.05) is 19.3 Å². The second-order valence-electron chi connectivity index (χ2n) is 7.24. The van der Waals surface area contributed by atoms with Crippen molar-refractivity contribution < 1.29 is 32.3 Å². The third-order valence-corrected chi connectivity index (χ3v) is 4.80. The minimum absolute atomic E-state index is 0.0478. The van der Waals surface area contributed by atoms with Gasteiger partial charge in [-0.2, -0.15) is 13.2 Å². The van der Waals surface area contributed by atoms with E-state index in [0.717, 1.165) is 24.8 Å². The maximum atomic E-state index is 12.7. The number of alkyl halides is 3. The molecule has 2 aromatic carbocycles. The Hall–Kier alpha value is -3.36. The second kappa shape index (κ2) is 11.3. The zero-order chi connectivity index (χ0) is 23.7. The molecule has 2 atom stereocenters. The van der Waals surface area contributed by atoms with Crippen LogP contribution >= 0.6 is 0 Å². The summed E-state index contributed by atoms with van der Waals surface area (Å²) in [5.74, 6) is -1.61. The van der Waals surface area contributed by atoms with E-state index in [1.54, 1.807) is 0 Å². The SMILES string of the molecule is COC(=O)[C@@H](Cc1ccc(C(F)(F)F)cc1)NC(=O)CCC(=O)N[C@H](C)c1ccccc1. The lowest BCUT2D eigenvalue weighted by Gasteiger charge is -2.17. The Balaban J connectivity index is 1.89. The number of methoxy groups -OCH3 is 1. The molecule has 0 saturated heterocycles. The number of hydrogen-bond acceptors (Lipinski definition) is 4. The highest BCUT2D eigenvalue weighted by Gasteiger charge is 2.30. The maximum absolute atomic E-state index is 12.7. The fourth-order valence-corrected chi connectivity index (χ4v) is 3.03. The number of carbonyl (C=O) groups is 3. The van der Waals surface area contributed by atoms with Gasteiger partial charge in [0.25, 0.3) is 0 Å². The van der Waals surface area contributed by atoms with E-state index in [2.05, 4.69) is 15.4 Å². The van der Waals surface area contributed by atoms with Gasteiger partial charge in [0.05, 0.1) is 18.7 Å². The van der Waals surface area contributed by atoms with Crippen LogP contribution in [-0.2, 0) is 31.7 Å². The summed E-state index contributed by atoms with van der Waals surface area (Å²) in [6.07, 6.45) is -4.76. The van der Waals surface area contributed by atoms with Gasteiger partial charge in [0.1, 0.15) is 6.04 Å². The molecule has 0 aromatic heterocycles. The van der Waals surface area contributed by atoms with Crippen molar-refractivity contribution in [2.24, 2.45) is 0 Å². The molecule has 9 heteroatoms. The molecule has 0 aliphatic heterocycles. The van der Waals surface area contributed by atoms with E-state index < -0.39 is 29.7 Å². The van der Waals surface area contributed by atoms with Gasteiger partial charge in [0.2, 0.25) is 11.8 Å². The molecular formula is C23H25F3N2O4. The van der Waals surface area contributed by atoms with Crippen molar-refractivity contribution in [3.63, 3.8) is 0 Å². The molecular weight excluding hydrogens is 425 g/mol. The van der Waals surface area contributed by atoms with E-state index in [1.807, 2.05) is 37.3 Å². The number of benzene rings is 2. The third kappa shape index (κ3) is 7.72. The molecule has 0 spiro atoms. The van der Waals surface area contributed by atoms with Crippen molar-refractivity contribution in [1.29, 1.82) is 0 Å². The Morgan fingerprint density at radius 3 is 2.00 bits per heavy atom. The monoisotopic (exact) mass is 450 g/mol. The van der Waals surface area contributed by atoms with Crippen LogP contribution in [0.5, 0.6) is 0 Å². The molecule has 2 aromatic rings.